The van der Waals surface area contributed by atoms with Crippen LogP contribution >= 0.6 is 0 Å². The summed E-state index contributed by atoms with van der Waals surface area (Å²) in [6, 6.07) is 0. The van der Waals surface area contributed by atoms with E-state index in [-0.39, 0.29) is 0 Å². The monoisotopic (exact) mass is 224 g/mol. The van der Waals surface area contributed by atoms with Crippen molar-refractivity contribution in [2.24, 2.45) is 12.0 Å². The fourth-order valence-electron chi connectivity index (χ4n) is 1.25. The van der Waals surface area contributed by atoms with Crippen molar-refractivity contribution < 1.29 is 0 Å². The Morgan fingerprint density at radius 1 is 1.50 bits per heavy atom. The van der Waals surface area contributed by atoms with E-state index in [2.05, 4.69) is 32.6 Å². The van der Waals surface area contributed by atoms with Crippen LogP contribution in [0.5, 0.6) is 0 Å². The van der Waals surface area contributed by atoms with Gasteiger partial charge >= 0.3 is 0 Å². The molecule has 0 aromatic carbocycles. The summed E-state index contributed by atoms with van der Waals surface area (Å²) in [5.74, 6) is 1.69. The SMILES string of the molecule is CCCCNC(=NC)NCc1ncnn1C. The molecule has 0 aliphatic carbocycles. The minimum Gasteiger partial charge on any atom is -0.356 e. The molecule has 1 aromatic rings. The van der Waals surface area contributed by atoms with Crippen molar-refractivity contribution in [3.63, 3.8) is 0 Å². The van der Waals surface area contributed by atoms with Gasteiger partial charge in [0.25, 0.3) is 0 Å². The highest BCUT2D eigenvalue weighted by Crippen LogP contribution is 1.89. The van der Waals surface area contributed by atoms with Crippen molar-refractivity contribution >= 4 is 5.96 Å². The zero-order valence-corrected chi connectivity index (χ0v) is 10.2. The molecule has 0 bridgehead atoms. The van der Waals surface area contributed by atoms with Crippen LogP contribution in [0.1, 0.15) is 25.6 Å². The van der Waals surface area contributed by atoms with Crippen LogP contribution in [0.3, 0.4) is 0 Å². The van der Waals surface area contributed by atoms with Gasteiger partial charge in [-0.3, -0.25) is 9.67 Å². The summed E-state index contributed by atoms with van der Waals surface area (Å²) in [5.41, 5.74) is 0. The average molecular weight is 224 g/mol. The van der Waals surface area contributed by atoms with Gasteiger partial charge in [-0.2, -0.15) is 5.10 Å². The van der Waals surface area contributed by atoms with Crippen LogP contribution in [0.15, 0.2) is 11.3 Å². The van der Waals surface area contributed by atoms with E-state index in [1.54, 1.807) is 18.1 Å². The predicted molar refractivity (Wildman–Crippen MR) is 64.1 cm³/mol. The maximum Gasteiger partial charge on any atom is 0.191 e. The first kappa shape index (κ1) is 12.5. The molecule has 0 aliphatic rings. The van der Waals surface area contributed by atoms with Gasteiger partial charge in [0.05, 0.1) is 6.54 Å². The smallest absolute Gasteiger partial charge is 0.191 e. The molecule has 1 heterocycles. The zero-order valence-electron chi connectivity index (χ0n) is 10.2. The highest BCUT2D eigenvalue weighted by molar-refractivity contribution is 5.79. The van der Waals surface area contributed by atoms with E-state index in [0.717, 1.165) is 24.7 Å². The van der Waals surface area contributed by atoms with Gasteiger partial charge in [-0.05, 0) is 6.42 Å². The summed E-state index contributed by atoms with van der Waals surface area (Å²) in [4.78, 5) is 8.25. The van der Waals surface area contributed by atoms with E-state index in [1.807, 2.05) is 7.05 Å². The van der Waals surface area contributed by atoms with E-state index in [9.17, 15) is 0 Å². The first-order chi connectivity index (χ1) is 7.77. The Balaban J connectivity index is 2.32. The summed E-state index contributed by atoms with van der Waals surface area (Å²) < 4.78 is 1.74. The lowest BCUT2D eigenvalue weighted by molar-refractivity contribution is 0.667. The number of rotatable bonds is 5. The fraction of sp³-hybridized carbons (Fsp3) is 0.700. The van der Waals surface area contributed by atoms with Crippen LogP contribution < -0.4 is 10.6 Å². The van der Waals surface area contributed by atoms with Gasteiger partial charge in [-0.25, -0.2) is 4.98 Å². The number of nitrogens with one attached hydrogen (secondary N) is 2. The lowest BCUT2D eigenvalue weighted by Gasteiger charge is -2.10. The van der Waals surface area contributed by atoms with Crippen molar-refractivity contribution in [2.75, 3.05) is 13.6 Å². The Hall–Kier alpha value is -1.59. The van der Waals surface area contributed by atoms with Crippen LogP contribution in [-0.4, -0.2) is 34.3 Å². The largest absolute Gasteiger partial charge is 0.356 e. The van der Waals surface area contributed by atoms with Gasteiger partial charge in [0.15, 0.2) is 5.96 Å². The predicted octanol–water partition coefficient (Wildman–Crippen LogP) is 0.280. The lowest BCUT2D eigenvalue weighted by atomic mass is 10.3. The molecule has 0 aliphatic heterocycles. The summed E-state index contributed by atoms with van der Waals surface area (Å²) in [6.45, 7) is 3.73. The van der Waals surface area contributed by atoms with E-state index in [0.29, 0.717) is 6.54 Å². The second-order valence-electron chi connectivity index (χ2n) is 3.51. The standard InChI is InChI=1S/C10H20N6/c1-4-5-6-12-10(11-2)13-7-9-14-8-15-16(9)3/h8H,4-7H2,1-3H3,(H2,11,12,13). The van der Waals surface area contributed by atoms with Gasteiger partial charge < -0.3 is 10.6 Å². The molecular formula is C10H20N6. The van der Waals surface area contributed by atoms with Crippen molar-refractivity contribution in [2.45, 2.75) is 26.3 Å². The number of guanidine groups is 1. The molecule has 2 N–H and O–H groups in total. The lowest BCUT2D eigenvalue weighted by Crippen LogP contribution is -2.37. The second-order valence-corrected chi connectivity index (χ2v) is 3.51. The number of aryl methyl sites for hydroxylation is 1. The van der Waals surface area contributed by atoms with Crippen LogP contribution in [0.4, 0.5) is 0 Å². The van der Waals surface area contributed by atoms with E-state index >= 15 is 0 Å². The molecule has 0 amide bonds. The molecular weight excluding hydrogens is 204 g/mol. The summed E-state index contributed by atoms with van der Waals surface area (Å²) in [6.07, 6.45) is 3.86. The van der Waals surface area contributed by atoms with E-state index < -0.39 is 0 Å². The van der Waals surface area contributed by atoms with Crippen LogP contribution in [0, 0.1) is 0 Å². The molecule has 0 spiro atoms. The highest BCUT2D eigenvalue weighted by atomic mass is 15.3. The van der Waals surface area contributed by atoms with Crippen molar-refractivity contribution in [1.29, 1.82) is 0 Å². The minimum absolute atomic E-state index is 0.627. The normalized spacial score (nSPS) is 11.6. The molecule has 0 radical (unpaired) electrons. The summed E-state index contributed by atoms with van der Waals surface area (Å²) >= 11 is 0. The molecule has 0 unspecified atom stereocenters. The van der Waals surface area contributed by atoms with E-state index in [1.165, 1.54) is 6.42 Å². The van der Waals surface area contributed by atoms with Crippen molar-refractivity contribution in [1.82, 2.24) is 25.4 Å². The summed E-state index contributed by atoms with van der Waals surface area (Å²) in [7, 11) is 3.63. The summed E-state index contributed by atoms with van der Waals surface area (Å²) in [5, 5.41) is 10.4. The van der Waals surface area contributed by atoms with Gasteiger partial charge in [-0.15, -0.1) is 0 Å². The third-order valence-electron chi connectivity index (χ3n) is 2.27. The van der Waals surface area contributed by atoms with Crippen molar-refractivity contribution in [3.8, 4) is 0 Å². The molecule has 0 fully saturated rings. The third-order valence-corrected chi connectivity index (χ3v) is 2.27. The first-order valence-corrected chi connectivity index (χ1v) is 5.55. The second kappa shape index (κ2) is 6.81. The topological polar surface area (TPSA) is 67.1 Å². The van der Waals surface area contributed by atoms with Crippen molar-refractivity contribution in [3.05, 3.63) is 12.2 Å². The Morgan fingerprint density at radius 2 is 2.31 bits per heavy atom. The van der Waals surface area contributed by atoms with Crippen LogP contribution in [0.25, 0.3) is 0 Å². The molecule has 1 rings (SSSR count). The molecule has 0 atom stereocenters. The molecule has 0 saturated carbocycles. The molecule has 0 saturated heterocycles. The van der Waals surface area contributed by atoms with Gasteiger partial charge in [-0.1, -0.05) is 13.3 Å². The number of hydrogen-bond donors (Lipinski definition) is 2. The minimum atomic E-state index is 0.627. The molecule has 90 valence electrons. The third kappa shape index (κ3) is 3.88. The number of aliphatic imine (C=N–C) groups is 1. The van der Waals surface area contributed by atoms with Crippen LogP contribution in [0.2, 0.25) is 0 Å². The Morgan fingerprint density at radius 3 is 2.88 bits per heavy atom. The van der Waals surface area contributed by atoms with Gasteiger partial charge in [0, 0.05) is 20.6 Å². The first-order valence-electron chi connectivity index (χ1n) is 5.55. The number of unbranched alkanes of at least 4 members (excludes halogenated alkanes) is 1. The van der Waals surface area contributed by atoms with Gasteiger partial charge in [0.2, 0.25) is 0 Å². The number of nitrogens with zero attached hydrogens (tertiary/aromatic N) is 4. The maximum absolute atomic E-state index is 4.13. The Labute approximate surface area is 96.2 Å². The highest BCUT2D eigenvalue weighted by Gasteiger charge is 2.01. The number of hydrogen-bond acceptors (Lipinski definition) is 3. The number of aromatic nitrogens is 3. The fourth-order valence-corrected chi connectivity index (χ4v) is 1.25. The molecule has 1 aromatic heterocycles. The molecule has 16 heavy (non-hydrogen) atoms. The Kier molecular flexibility index (Phi) is 5.31. The van der Waals surface area contributed by atoms with Crippen LogP contribution in [-0.2, 0) is 13.6 Å². The average Bonchev–Trinajstić information content (AvgIpc) is 2.69. The van der Waals surface area contributed by atoms with Gasteiger partial charge in [0.1, 0.15) is 12.2 Å². The zero-order chi connectivity index (χ0) is 11.8. The Bertz CT molecular complexity index is 330. The quantitative estimate of drug-likeness (QED) is 0.428. The van der Waals surface area contributed by atoms with E-state index in [4.69, 9.17) is 0 Å². The molecule has 6 nitrogen and oxygen atoms in total. The maximum atomic E-state index is 4.13. The molecule has 6 heteroatoms.